The maximum absolute atomic E-state index is 13.0. The van der Waals surface area contributed by atoms with Crippen molar-refractivity contribution in [1.82, 2.24) is 0 Å². The van der Waals surface area contributed by atoms with Crippen LogP contribution in [0.4, 0.5) is 0 Å². The molecule has 0 unspecified atom stereocenters. The Labute approximate surface area is 185 Å². The summed E-state index contributed by atoms with van der Waals surface area (Å²) in [6.07, 6.45) is -1.10. The van der Waals surface area contributed by atoms with E-state index in [1.807, 2.05) is 0 Å². The molecule has 2 aliphatic rings. The van der Waals surface area contributed by atoms with E-state index in [0.29, 0.717) is 45.4 Å². The molecule has 0 radical (unpaired) electrons. The summed E-state index contributed by atoms with van der Waals surface area (Å²) in [6, 6.07) is 6.96. The molecule has 9 heteroatoms. The van der Waals surface area contributed by atoms with E-state index < -0.39 is 36.4 Å². The number of aliphatic hydroxyl groups is 2. The fourth-order valence-corrected chi connectivity index (χ4v) is 4.69. The molecule has 2 N–H and O–H groups in total. The Morgan fingerprint density at radius 2 is 1.56 bits per heavy atom. The van der Waals surface area contributed by atoms with Crippen molar-refractivity contribution in [3.05, 3.63) is 41.0 Å². The first-order valence-electron chi connectivity index (χ1n) is 10.1. The van der Waals surface area contributed by atoms with E-state index in [-0.39, 0.29) is 6.79 Å². The predicted molar refractivity (Wildman–Crippen MR) is 112 cm³/mol. The van der Waals surface area contributed by atoms with Crippen molar-refractivity contribution in [2.45, 2.75) is 12.0 Å². The molecule has 2 aromatic carbocycles. The number of hydrogen-bond acceptors (Lipinski definition) is 9. The lowest BCUT2D eigenvalue weighted by atomic mass is 9.65. The molecule has 1 aliphatic heterocycles. The highest BCUT2D eigenvalue weighted by Crippen LogP contribution is 2.53. The third-order valence-corrected chi connectivity index (χ3v) is 6.19. The van der Waals surface area contributed by atoms with Gasteiger partial charge in [0.25, 0.3) is 0 Å². The molecule has 0 amide bonds. The SMILES string of the molecule is COC(=O)[C@H]1[C@H](c2cc(OC)c(OC)c(OC)c2)c2cc3c(cc2[C@H](O)[C@H]1CO)OCO3. The van der Waals surface area contributed by atoms with Gasteiger partial charge in [0.05, 0.1) is 40.5 Å². The number of hydrogen-bond donors (Lipinski definition) is 2. The van der Waals surface area contributed by atoms with E-state index in [9.17, 15) is 15.0 Å². The Kier molecular flexibility index (Phi) is 6.03. The molecule has 4 rings (SSSR count). The van der Waals surface area contributed by atoms with E-state index in [1.54, 1.807) is 24.3 Å². The van der Waals surface area contributed by atoms with Gasteiger partial charge in [0.1, 0.15) is 0 Å². The van der Waals surface area contributed by atoms with Crippen molar-refractivity contribution < 1.29 is 43.4 Å². The van der Waals surface area contributed by atoms with Crippen molar-refractivity contribution in [3.8, 4) is 28.7 Å². The Bertz CT molecular complexity index is 994. The van der Waals surface area contributed by atoms with Crippen LogP contribution in [0, 0.1) is 11.8 Å². The van der Waals surface area contributed by atoms with Crippen LogP contribution in [0.5, 0.6) is 28.7 Å². The fraction of sp³-hybridized carbons (Fsp3) is 0.435. The number of fused-ring (bicyclic) bond motifs is 2. The van der Waals surface area contributed by atoms with Crippen molar-refractivity contribution in [1.29, 1.82) is 0 Å². The maximum Gasteiger partial charge on any atom is 0.310 e. The minimum atomic E-state index is -1.10. The fourth-order valence-electron chi connectivity index (χ4n) is 4.69. The van der Waals surface area contributed by atoms with Gasteiger partial charge >= 0.3 is 5.97 Å². The molecule has 0 bridgehead atoms. The van der Waals surface area contributed by atoms with Crippen molar-refractivity contribution in [2.75, 3.05) is 41.8 Å². The van der Waals surface area contributed by atoms with Gasteiger partial charge in [-0.15, -0.1) is 0 Å². The topological polar surface area (TPSA) is 113 Å². The summed E-state index contributed by atoms with van der Waals surface area (Å²) in [5, 5.41) is 21.2. The number of rotatable bonds is 6. The average Bonchev–Trinajstić information content (AvgIpc) is 3.28. The molecule has 4 atom stereocenters. The van der Waals surface area contributed by atoms with Gasteiger partial charge in [0.2, 0.25) is 12.5 Å². The zero-order valence-corrected chi connectivity index (χ0v) is 18.3. The lowest BCUT2D eigenvalue weighted by molar-refractivity contribution is -0.152. The quantitative estimate of drug-likeness (QED) is 0.644. The summed E-state index contributed by atoms with van der Waals surface area (Å²) < 4.78 is 32.5. The third-order valence-electron chi connectivity index (χ3n) is 6.19. The Morgan fingerprint density at radius 3 is 2.06 bits per heavy atom. The number of aliphatic hydroxyl groups excluding tert-OH is 2. The highest BCUT2D eigenvalue weighted by atomic mass is 16.7. The maximum atomic E-state index is 13.0. The summed E-state index contributed by atoms with van der Waals surface area (Å²) in [7, 11) is 5.80. The number of ether oxygens (including phenoxy) is 6. The van der Waals surface area contributed by atoms with Crippen LogP contribution < -0.4 is 23.7 Å². The standard InChI is InChI=1S/C23H26O9/c1-27-17-5-11(6-18(28-2)22(17)29-3)19-12-7-15-16(32-10-31-15)8-13(12)21(25)14(9-24)20(19)23(26)30-4/h5-8,14,19-21,24-25H,9-10H2,1-4H3/t14-,19+,20+,21-/m0/s1. The molecule has 0 aromatic heterocycles. The van der Waals surface area contributed by atoms with Crippen LogP contribution >= 0.6 is 0 Å². The summed E-state index contributed by atoms with van der Waals surface area (Å²) >= 11 is 0. The number of carbonyl (C=O) groups excluding carboxylic acids is 1. The van der Waals surface area contributed by atoms with E-state index in [2.05, 4.69) is 0 Å². The van der Waals surface area contributed by atoms with Crippen molar-refractivity contribution in [3.63, 3.8) is 0 Å². The molecule has 0 saturated carbocycles. The van der Waals surface area contributed by atoms with Crippen LogP contribution in [0.2, 0.25) is 0 Å². The highest BCUT2D eigenvalue weighted by molar-refractivity contribution is 5.77. The van der Waals surface area contributed by atoms with Gasteiger partial charge in [-0.1, -0.05) is 0 Å². The molecular formula is C23H26O9. The van der Waals surface area contributed by atoms with E-state index in [0.717, 1.165) is 0 Å². The van der Waals surface area contributed by atoms with Gasteiger partial charge in [-0.25, -0.2) is 0 Å². The molecular weight excluding hydrogens is 420 g/mol. The molecule has 0 saturated heterocycles. The van der Waals surface area contributed by atoms with Gasteiger partial charge < -0.3 is 38.6 Å². The van der Waals surface area contributed by atoms with Gasteiger partial charge in [-0.2, -0.15) is 0 Å². The molecule has 9 nitrogen and oxygen atoms in total. The highest BCUT2D eigenvalue weighted by Gasteiger charge is 2.48. The minimum Gasteiger partial charge on any atom is -0.493 e. The Hall–Kier alpha value is -3.17. The minimum absolute atomic E-state index is 0.0625. The molecule has 32 heavy (non-hydrogen) atoms. The smallest absolute Gasteiger partial charge is 0.310 e. The summed E-state index contributed by atoms with van der Waals surface area (Å²) in [5.74, 6) is -0.576. The number of methoxy groups -OCH3 is 4. The van der Waals surface area contributed by atoms with Crippen molar-refractivity contribution >= 4 is 5.97 Å². The molecule has 0 fully saturated rings. The second-order valence-electron chi connectivity index (χ2n) is 7.61. The van der Waals surface area contributed by atoms with Crippen LogP contribution in [-0.4, -0.2) is 58.0 Å². The summed E-state index contributed by atoms with van der Waals surface area (Å²) in [4.78, 5) is 13.0. The third kappa shape index (κ3) is 3.37. The van der Waals surface area contributed by atoms with E-state index in [1.165, 1.54) is 28.4 Å². The lowest BCUT2D eigenvalue weighted by Gasteiger charge is -2.40. The lowest BCUT2D eigenvalue weighted by Crippen LogP contribution is -2.41. The first kappa shape index (κ1) is 22.0. The summed E-state index contributed by atoms with van der Waals surface area (Å²) in [5.41, 5.74) is 1.88. The van der Waals surface area contributed by atoms with E-state index in [4.69, 9.17) is 28.4 Å². The van der Waals surface area contributed by atoms with Crippen LogP contribution in [0.1, 0.15) is 28.7 Å². The Balaban J connectivity index is 1.99. The van der Waals surface area contributed by atoms with Gasteiger partial charge in [-0.05, 0) is 41.0 Å². The van der Waals surface area contributed by atoms with E-state index >= 15 is 0 Å². The first-order valence-corrected chi connectivity index (χ1v) is 10.1. The molecule has 2 aromatic rings. The molecule has 1 heterocycles. The van der Waals surface area contributed by atoms with Crippen molar-refractivity contribution in [2.24, 2.45) is 11.8 Å². The first-order chi connectivity index (χ1) is 15.5. The zero-order valence-electron chi connectivity index (χ0n) is 18.3. The average molecular weight is 446 g/mol. The monoisotopic (exact) mass is 446 g/mol. The van der Waals surface area contributed by atoms with Gasteiger partial charge in [-0.3, -0.25) is 4.79 Å². The van der Waals surface area contributed by atoms with Crippen LogP contribution in [0.15, 0.2) is 24.3 Å². The normalized spacial score (nSPS) is 23.3. The predicted octanol–water partition coefficient (Wildman–Crippen LogP) is 2.02. The van der Waals surface area contributed by atoms with Crippen LogP contribution in [0.25, 0.3) is 0 Å². The van der Waals surface area contributed by atoms with Gasteiger partial charge in [0.15, 0.2) is 23.0 Å². The Morgan fingerprint density at radius 1 is 0.969 bits per heavy atom. The zero-order chi connectivity index (χ0) is 23.0. The molecule has 172 valence electrons. The largest absolute Gasteiger partial charge is 0.493 e. The second kappa shape index (κ2) is 8.76. The second-order valence-corrected chi connectivity index (χ2v) is 7.61. The van der Waals surface area contributed by atoms with Crippen LogP contribution in [0.3, 0.4) is 0 Å². The molecule has 0 spiro atoms. The van der Waals surface area contributed by atoms with Gasteiger partial charge in [0, 0.05) is 18.4 Å². The molecule has 1 aliphatic carbocycles. The number of esters is 1. The summed E-state index contributed by atoms with van der Waals surface area (Å²) in [6.45, 7) is -0.358. The van der Waals surface area contributed by atoms with Crippen LogP contribution in [-0.2, 0) is 9.53 Å². The number of carbonyl (C=O) groups is 1. The number of benzene rings is 2.